The van der Waals surface area contributed by atoms with Gasteiger partial charge in [-0.25, -0.2) is 4.39 Å². The molecule has 0 atom stereocenters. The monoisotopic (exact) mass is 593 g/mol. The number of likely N-dealkylation sites (tertiary alicyclic amines) is 1. The molecule has 2 aliphatic rings. The number of rotatable bonds is 8. The van der Waals surface area contributed by atoms with Gasteiger partial charge < -0.3 is 19.3 Å². The summed E-state index contributed by atoms with van der Waals surface area (Å²) in [6.07, 6.45) is 2.14. The molecule has 2 heterocycles. The molecule has 0 aromatic heterocycles. The Hall–Kier alpha value is -4.36. The zero-order valence-electron chi connectivity index (χ0n) is 25.5. The van der Waals surface area contributed by atoms with Gasteiger partial charge in [0.2, 0.25) is 0 Å². The molecule has 0 spiro atoms. The first-order valence-electron chi connectivity index (χ1n) is 15.4. The Balaban J connectivity index is 1.13. The van der Waals surface area contributed by atoms with Gasteiger partial charge in [-0.3, -0.25) is 9.69 Å². The van der Waals surface area contributed by atoms with Crippen molar-refractivity contribution in [1.82, 2.24) is 9.80 Å². The highest BCUT2D eigenvalue weighted by Gasteiger charge is 2.39. The highest BCUT2D eigenvalue weighted by atomic mass is 19.1. The number of hydrogen-bond acceptors (Lipinski definition) is 5. The van der Waals surface area contributed by atoms with Crippen LogP contribution in [0, 0.1) is 5.82 Å². The quantitative estimate of drug-likeness (QED) is 0.237. The van der Waals surface area contributed by atoms with Crippen LogP contribution in [-0.4, -0.2) is 69.2 Å². The number of hydrogen-bond donors (Lipinski definition) is 0. The Kier molecular flexibility index (Phi) is 8.84. The number of piperazine rings is 1. The fourth-order valence-electron chi connectivity index (χ4n) is 6.75. The van der Waals surface area contributed by atoms with Crippen LogP contribution in [0.5, 0.6) is 11.5 Å². The van der Waals surface area contributed by atoms with Crippen molar-refractivity contribution in [2.24, 2.45) is 0 Å². The van der Waals surface area contributed by atoms with E-state index in [4.69, 9.17) is 9.47 Å². The Morgan fingerprint density at radius 1 is 0.727 bits per heavy atom. The number of amides is 1. The summed E-state index contributed by atoms with van der Waals surface area (Å²) in [4.78, 5) is 20.0. The maximum atomic E-state index is 13.3. The lowest BCUT2D eigenvalue weighted by molar-refractivity contribution is 0.0746. The molecule has 4 aromatic carbocycles. The molecule has 0 radical (unpaired) electrons. The third-order valence-corrected chi connectivity index (χ3v) is 9.22. The van der Waals surface area contributed by atoms with E-state index in [-0.39, 0.29) is 17.1 Å². The Bertz CT molecular complexity index is 1480. The lowest BCUT2D eigenvalue weighted by Gasteiger charge is -2.44. The molecule has 228 valence electrons. The minimum atomic E-state index is -0.236. The molecular formula is C37H40FN3O3. The summed E-state index contributed by atoms with van der Waals surface area (Å²) in [6, 6.07) is 31.7. The number of ether oxygens (including phenoxy) is 2. The fourth-order valence-corrected chi connectivity index (χ4v) is 6.75. The Labute approximate surface area is 259 Å². The predicted octanol–water partition coefficient (Wildman–Crippen LogP) is 6.39. The molecule has 2 aliphatic heterocycles. The number of halogens is 1. The second-order valence-corrected chi connectivity index (χ2v) is 11.8. The van der Waals surface area contributed by atoms with Gasteiger partial charge in [-0.1, -0.05) is 36.4 Å². The van der Waals surface area contributed by atoms with Crippen molar-refractivity contribution < 1.29 is 18.7 Å². The van der Waals surface area contributed by atoms with Crippen LogP contribution in [0.25, 0.3) is 0 Å². The maximum Gasteiger partial charge on any atom is 0.253 e. The fraction of sp³-hybridized carbons (Fsp3) is 0.324. The topological polar surface area (TPSA) is 45.3 Å². The van der Waals surface area contributed by atoms with E-state index in [0.29, 0.717) is 18.7 Å². The van der Waals surface area contributed by atoms with Crippen molar-refractivity contribution in [2.45, 2.75) is 24.8 Å². The molecule has 0 N–H and O–H groups in total. The minimum Gasteiger partial charge on any atom is -0.497 e. The van der Waals surface area contributed by atoms with Gasteiger partial charge in [-0.05, 0) is 96.7 Å². The molecule has 44 heavy (non-hydrogen) atoms. The van der Waals surface area contributed by atoms with E-state index >= 15 is 0 Å². The van der Waals surface area contributed by atoms with Crippen LogP contribution < -0.4 is 14.4 Å². The second-order valence-electron chi connectivity index (χ2n) is 11.8. The summed E-state index contributed by atoms with van der Waals surface area (Å²) in [5.74, 6) is 1.54. The van der Waals surface area contributed by atoms with Gasteiger partial charge in [-0.2, -0.15) is 0 Å². The van der Waals surface area contributed by atoms with E-state index < -0.39 is 0 Å². The molecule has 0 bridgehead atoms. The van der Waals surface area contributed by atoms with E-state index in [1.165, 1.54) is 28.8 Å². The second kappa shape index (κ2) is 13.1. The van der Waals surface area contributed by atoms with Crippen LogP contribution in [-0.2, 0) is 12.0 Å². The van der Waals surface area contributed by atoms with Crippen molar-refractivity contribution in [3.8, 4) is 11.5 Å². The zero-order chi connectivity index (χ0) is 30.5. The van der Waals surface area contributed by atoms with Gasteiger partial charge in [0.05, 0.1) is 14.2 Å². The highest BCUT2D eigenvalue weighted by molar-refractivity contribution is 5.94. The van der Waals surface area contributed by atoms with Crippen molar-refractivity contribution in [1.29, 1.82) is 0 Å². The van der Waals surface area contributed by atoms with Crippen molar-refractivity contribution in [3.05, 3.63) is 125 Å². The van der Waals surface area contributed by atoms with E-state index in [0.717, 1.165) is 62.8 Å². The molecule has 2 fully saturated rings. The van der Waals surface area contributed by atoms with E-state index in [1.807, 2.05) is 17.0 Å². The molecule has 7 heteroatoms. The minimum absolute atomic E-state index is 0.0614. The van der Waals surface area contributed by atoms with Crippen molar-refractivity contribution in [3.63, 3.8) is 0 Å². The van der Waals surface area contributed by atoms with Crippen LogP contribution in [0.3, 0.4) is 0 Å². The van der Waals surface area contributed by atoms with E-state index in [2.05, 4.69) is 70.5 Å². The van der Waals surface area contributed by atoms with Crippen LogP contribution in [0.15, 0.2) is 97.1 Å². The van der Waals surface area contributed by atoms with Crippen LogP contribution in [0.4, 0.5) is 10.1 Å². The highest BCUT2D eigenvalue weighted by Crippen LogP contribution is 2.42. The zero-order valence-corrected chi connectivity index (χ0v) is 25.5. The average Bonchev–Trinajstić information content (AvgIpc) is 3.09. The summed E-state index contributed by atoms with van der Waals surface area (Å²) < 4.78 is 24.2. The number of carbonyl (C=O) groups excluding carboxylic acids is 1. The summed E-state index contributed by atoms with van der Waals surface area (Å²) in [5, 5.41) is 0. The first-order chi connectivity index (χ1) is 21.5. The number of carbonyl (C=O) groups is 1. The number of methoxy groups -OCH3 is 2. The van der Waals surface area contributed by atoms with Gasteiger partial charge in [0.15, 0.2) is 0 Å². The van der Waals surface area contributed by atoms with Crippen LogP contribution in [0.1, 0.15) is 39.9 Å². The summed E-state index contributed by atoms with van der Waals surface area (Å²) in [6.45, 7) is 5.48. The average molecular weight is 594 g/mol. The summed E-state index contributed by atoms with van der Waals surface area (Å²) in [7, 11) is 3.40. The number of benzene rings is 4. The molecule has 0 aliphatic carbocycles. The van der Waals surface area contributed by atoms with Crippen molar-refractivity contribution >= 4 is 11.6 Å². The first-order valence-corrected chi connectivity index (χ1v) is 15.4. The number of piperidine rings is 1. The molecule has 6 nitrogen and oxygen atoms in total. The van der Waals surface area contributed by atoms with Gasteiger partial charge in [0.25, 0.3) is 5.91 Å². The molecule has 4 aromatic rings. The third-order valence-electron chi connectivity index (χ3n) is 9.22. The summed E-state index contributed by atoms with van der Waals surface area (Å²) in [5.41, 5.74) is 5.32. The van der Waals surface area contributed by atoms with E-state index in [9.17, 15) is 9.18 Å². The predicted molar refractivity (Wildman–Crippen MR) is 172 cm³/mol. The summed E-state index contributed by atoms with van der Waals surface area (Å²) >= 11 is 0. The van der Waals surface area contributed by atoms with Gasteiger partial charge in [0.1, 0.15) is 17.3 Å². The van der Waals surface area contributed by atoms with Crippen molar-refractivity contribution in [2.75, 3.05) is 58.4 Å². The maximum absolute atomic E-state index is 13.3. The molecule has 6 rings (SSSR count). The largest absolute Gasteiger partial charge is 0.497 e. The first kappa shape index (κ1) is 29.7. The Morgan fingerprint density at radius 2 is 1.30 bits per heavy atom. The molecular weight excluding hydrogens is 553 g/mol. The number of nitrogens with zero attached hydrogens (tertiary/aromatic N) is 3. The van der Waals surface area contributed by atoms with Gasteiger partial charge in [0, 0.05) is 55.9 Å². The van der Waals surface area contributed by atoms with Crippen LogP contribution >= 0.6 is 0 Å². The van der Waals surface area contributed by atoms with Crippen LogP contribution in [0.2, 0.25) is 0 Å². The lowest BCUT2D eigenvalue weighted by atomic mass is 9.69. The smallest absolute Gasteiger partial charge is 0.253 e. The Morgan fingerprint density at radius 3 is 1.84 bits per heavy atom. The SMILES string of the molecule is COc1ccc(C2(c3ccc(OC)cc3)CCCN(Cc3ccc(C(=O)N4CCN(c5ccc(F)cc5)CC4)cc3)C2)cc1. The standard InChI is InChI=1S/C37H40FN3O3/c1-43-34-16-8-30(9-17-34)37(31-10-18-35(44-2)19-11-31)20-3-21-39(27-37)26-28-4-6-29(7-5-28)36(42)41-24-22-40(23-25-41)33-14-12-32(38)13-15-33/h4-19H,3,20-27H2,1-2H3. The third kappa shape index (κ3) is 6.29. The van der Waals surface area contributed by atoms with Gasteiger partial charge >= 0.3 is 0 Å². The molecule has 1 amide bonds. The molecule has 0 saturated carbocycles. The number of anilines is 1. The normalized spacial score (nSPS) is 16.9. The lowest BCUT2D eigenvalue weighted by Crippen LogP contribution is -2.48. The molecule has 2 saturated heterocycles. The van der Waals surface area contributed by atoms with Gasteiger partial charge in [-0.15, -0.1) is 0 Å². The van der Waals surface area contributed by atoms with E-state index in [1.54, 1.807) is 26.4 Å². The molecule has 0 unspecified atom stereocenters.